The summed E-state index contributed by atoms with van der Waals surface area (Å²) >= 11 is 0. The molecular formula is C16H17ClFN3O3. The first-order valence-corrected chi connectivity index (χ1v) is 6.88. The number of halogens is 2. The fourth-order valence-electron chi connectivity index (χ4n) is 1.70. The number of hydrogen-bond acceptors (Lipinski definition) is 5. The van der Waals surface area contributed by atoms with Crippen molar-refractivity contribution < 1.29 is 19.1 Å². The fraction of sp³-hybridized carbons (Fsp3) is 0.125. The highest BCUT2D eigenvalue weighted by Crippen LogP contribution is 2.11. The smallest absolute Gasteiger partial charge is 0.267 e. The van der Waals surface area contributed by atoms with Crippen LogP contribution in [0.25, 0.3) is 6.08 Å². The molecule has 2 aromatic rings. The molecule has 8 heteroatoms. The van der Waals surface area contributed by atoms with E-state index in [4.69, 9.17) is 9.94 Å². The second-order valence-electron chi connectivity index (χ2n) is 4.52. The number of hydrogen-bond donors (Lipinski definition) is 3. The third kappa shape index (κ3) is 6.64. The average Bonchev–Trinajstić information content (AvgIpc) is 2.59. The van der Waals surface area contributed by atoms with Crippen LogP contribution >= 0.6 is 12.4 Å². The Kier molecular flexibility index (Phi) is 8.24. The molecule has 2 rings (SSSR count). The van der Waals surface area contributed by atoms with Crippen molar-refractivity contribution in [1.82, 2.24) is 10.5 Å². The first kappa shape index (κ1) is 19.4. The van der Waals surface area contributed by atoms with Gasteiger partial charge in [-0.1, -0.05) is 0 Å². The molecule has 0 saturated carbocycles. The standard InChI is InChI=1S/C16H16FN3O3.ClH/c17-13-3-5-14(6-4-13)23-10-9-18-15-7-1-12(11-19-15)2-8-16(21)20-22;/h1-8,11,22H,9-10H2,(H,18,19)(H,20,21);1H/b8-2+;. The van der Waals surface area contributed by atoms with Crippen LogP contribution in [0, 0.1) is 5.82 Å². The van der Waals surface area contributed by atoms with E-state index in [-0.39, 0.29) is 18.2 Å². The van der Waals surface area contributed by atoms with Crippen LogP contribution in [0.1, 0.15) is 5.56 Å². The van der Waals surface area contributed by atoms with Gasteiger partial charge in [0.25, 0.3) is 5.91 Å². The molecule has 1 amide bonds. The van der Waals surface area contributed by atoms with E-state index in [1.807, 2.05) is 0 Å². The van der Waals surface area contributed by atoms with Crippen molar-refractivity contribution in [2.45, 2.75) is 0 Å². The van der Waals surface area contributed by atoms with E-state index < -0.39 is 5.91 Å². The summed E-state index contributed by atoms with van der Waals surface area (Å²) in [6.07, 6.45) is 4.31. The molecule has 3 N–H and O–H groups in total. The lowest BCUT2D eigenvalue weighted by molar-refractivity contribution is -0.124. The number of carbonyl (C=O) groups is 1. The van der Waals surface area contributed by atoms with E-state index in [2.05, 4.69) is 10.3 Å². The average molecular weight is 354 g/mol. The van der Waals surface area contributed by atoms with E-state index in [0.717, 1.165) is 5.56 Å². The summed E-state index contributed by atoms with van der Waals surface area (Å²) in [5, 5.41) is 11.4. The second-order valence-corrected chi connectivity index (χ2v) is 4.52. The second kappa shape index (κ2) is 10.2. The molecule has 24 heavy (non-hydrogen) atoms. The number of aromatic nitrogens is 1. The minimum atomic E-state index is -0.606. The van der Waals surface area contributed by atoms with Crippen molar-refractivity contribution in [3.8, 4) is 5.75 Å². The molecule has 0 spiro atoms. The Hall–Kier alpha value is -2.64. The van der Waals surface area contributed by atoms with Crippen molar-refractivity contribution >= 4 is 30.2 Å². The topological polar surface area (TPSA) is 83.5 Å². The Labute approximate surface area is 144 Å². The summed E-state index contributed by atoms with van der Waals surface area (Å²) in [5.41, 5.74) is 2.23. The van der Waals surface area contributed by atoms with Crippen LogP contribution < -0.4 is 15.5 Å². The van der Waals surface area contributed by atoms with Gasteiger partial charge in [-0.25, -0.2) is 14.9 Å². The van der Waals surface area contributed by atoms with E-state index >= 15 is 0 Å². The Balaban J connectivity index is 0.00000288. The van der Waals surface area contributed by atoms with Gasteiger partial charge in [0, 0.05) is 12.3 Å². The fourth-order valence-corrected chi connectivity index (χ4v) is 1.70. The number of hydroxylamine groups is 1. The molecule has 0 aliphatic carbocycles. The zero-order valence-electron chi connectivity index (χ0n) is 12.6. The number of nitrogens with one attached hydrogen (secondary N) is 2. The molecule has 1 aromatic heterocycles. The van der Waals surface area contributed by atoms with Crippen LogP contribution in [0.5, 0.6) is 5.75 Å². The van der Waals surface area contributed by atoms with Crippen molar-refractivity contribution in [2.75, 3.05) is 18.5 Å². The molecule has 1 aromatic carbocycles. The molecule has 0 atom stereocenters. The Morgan fingerprint density at radius 3 is 2.62 bits per heavy atom. The Morgan fingerprint density at radius 2 is 2.00 bits per heavy atom. The number of rotatable bonds is 7. The highest BCUT2D eigenvalue weighted by molar-refractivity contribution is 5.90. The van der Waals surface area contributed by atoms with Gasteiger partial charge in [-0.15, -0.1) is 12.4 Å². The first-order valence-electron chi connectivity index (χ1n) is 6.88. The summed E-state index contributed by atoms with van der Waals surface area (Å²) < 4.78 is 18.2. The normalized spacial score (nSPS) is 10.1. The molecule has 0 saturated heterocycles. The first-order chi connectivity index (χ1) is 11.2. The zero-order chi connectivity index (χ0) is 16.5. The number of nitrogens with zero attached hydrogens (tertiary/aromatic N) is 1. The molecule has 0 bridgehead atoms. The van der Waals surface area contributed by atoms with Gasteiger partial charge in [-0.05, 0) is 48.0 Å². The number of anilines is 1. The monoisotopic (exact) mass is 353 g/mol. The summed E-state index contributed by atoms with van der Waals surface area (Å²) in [6.45, 7) is 0.943. The maximum Gasteiger partial charge on any atom is 0.267 e. The van der Waals surface area contributed by atoms with Crippen LogP contribution in [-0.4, -0.2) is 29.3 Å². The maximum atomic E-state index is 12.7. The maximum absolute atomic E-state index is 12.7. The quantitative estimate of drug-likeness (QED) is 0.308. The molecule has 0 unspecified atom stereocenters. The van der Waals surface area contributed by atoms with Crippen LogP contribution in [-0.2, 0) is 4.79 Å². The van der Waals surface area contributed by atoms with Gasteiger partial charge < -0.3 is 10.1 Å². The van der Waals surface area contributed by atoms with Crippen molar-refractivity contribution in [1.29, 1.82) is 0 Å². The third-order valence-electron chi connectivity index (χ3n) is 2.81. The summed E-state index contributed by atoms with van der Waals surface area (Å²) in [6, 6.07) is 9.35. The van der Waals surface area contributed by atoms with Gasteiger partial charge >= 0.3 is 0 Å². The molecular weight excluding hydrogens is 337 g/mol. The number of amides is 1. The minimum Gasteiger partial charge on any atom is -0.492 e. The van der Waals surface area contributed by atoms with Gasteiger partial charge in [0.1, 0.15) is 24.0 Å². The van der Waals surface area contributed by atoms with Crippen molar-refractivity contribution in [3.05, 3.63) is 60.1 Å². The number of pyridine rings is 1. The van der Waals surface area contributed by atoms with E-state index in [9.17, 15) is 9.18 Å². The molecule has 128 valence electrons. The number of ether oxygens (including phenoxy) is 1. The van der Waals surface area contributed by atoms with E-state index in [0.29, 0.717) is 24.7 Å². The zero-order valence-corrected chi connectivity index (χ0v) is 13.4. The van der Waals surface area contributed by atoms with Crippen molar-refractivity contribution in [2.24, 2.45) is 0 Å². The lowest BCUT2D eigenvalue weighted by atomic mass is 10.2. The lowest BCUT2D eigenvalue weighted by Crippen LogP contribution is -2.14. The molecule has 0 aliphatic heterocycles. The van der Waals surface area contributed by atoms with Crippen LogP contribution in [0.4, 0.5) is 10.2 Å². The molecule has 0 fully saturated rings. The highest BCUT2D eigenvalue weighted by Gasteiger charge is 1.97. The van der Waals surface area contributed by atoms with E-state index in [1.54, 1.807) is 30.5 Å². The summed E-state index contributed by atoms with van der Waals surface area (Å²) in [4.78, 5) is 15.0. The Morgan fingerprint density at radius 1 is 1.25 bits per heavy atom. The predicted molar refractivity (Wildman–Crippen MR) is 90.8 cm³/mol. The lowest BCUT2D eigenvalue weighted by Gasteiger charge is -2.08. The van der Waals surface area contributed by atoms with Crippen molar-refractivity contribution in [3.63, 3.8) is 0 Å². The van der Waals surface area contributed by atoms with Gasteiger partial charge in [0.2, 0.25) is 0 Å². The SMILES string of the molecule is Cl.O=C(/C=C/c1ccc(NCCOc2ccc(F)cc2)nc1)NO. The highest BCUT2D eigenvalue weighted by atomic mass is 35.5. The predicted octanol–water partition coefficient (Wildman–Crippen LogP) is 2.65. The van der Waals surface area contributed by atoms with Gasteiger partial charge in [0.05, 0.1) is 6.54 Å². The molecule has 6 nitrogen and oxygen atoms in total. The van der Waals surface area contributed by atoms with E-state index in [1.165, 1.54) is 29.8 Å². The van der Waals surface area contributed by atoms with Crippen LogP contribution in [0.2, 0.25) is 0 Å². The van der Waals surface area contributed by atoms with Gasteiger partial charge in [-0.3, -0.25) is 10.0 Å². The van der Waals surface area contributed by atoms with Crippen LogP contribution in [0.15, 0.2) is 48.7 Å². The Bertz CT molecular complexity index is 663. The number of carbonyl (C=O) groups excluding carboxylic acids is 1. The van der Waals surface area contributed by atoms with Gasteiger partial charge in [-0.2, -0.15) is 0 Å². The molecule has 0 aliphatic rings. The molecule has 1 heterocycles. The summed E-state index contributed by atoms with van der Waals surface area (Å²) in [5.74, 6) is 0.357. The minimum absolute atomic E-state index is 0. The summed E-state index contributed by atoms with van der Waals surface area (Å²) in [7, 11) is 0. The largest absolute Gasteiger partial charge is 0.492 e. The van der Waals surface area contributed by atoms with Gasteiger partial charge in [0.15, 0.2) is 0 Å². The third-order valence-corrected chi connectivity index (χ3v) is 2.81. The molecule has 0 radical (unpaired) electrons. The number of benzene rings is 1. The van der Waals surface area contributed by atoms with Crippen LogP contribution in [0.3, 0.4) is 0 Å².